The van der Waals surface area contributed by atoms with Gasteiger partial charge in [-0.15, -0.1) is 0 Å². The standard InChI is InChI=1S/C13H17BrN2O/c1-15(2)12-7-8-16(9-12)13(17)10-3-5-11(14)6-4-10/h3-6,12H,7-9H2,1-2H3/t12-/m0/s1. The van der Waals surface area contributed by atoms with Crippen LogP contribution in [0, 0.1) is 0 Å². The number of hydrogen-bond donors (Lipinski definition) is 0. The molecule has 1 aliphatic heterocycles. The minimum atomic E-state index is 0.141. The summed E-state index contributed by atoms with van der Waals surface area (Å²) < 4.78 is 1.00. The lowest BCUT2D eigenvalue weighted by Gasteiger charge is -2.20. The number of nitrogens with zero attached hydrogens (tertiary/aromatic N) is 2. The Hall–Kier alpha value is -0.870. The maximum absolute atomic E-state index is 12.2. The van der Waals surface area contributed by atoms with Crippen LogP contribution in [0.15, 0.2) is 28.7 Å². The fourth-order valence-electron chi connectivity index (χ4n) is 2.12. The van der Waals surface area contributed by atoms with Crippen LogP contribution in [0.3, 0.4) is 0 Å². The van der Waals surface area contributed by atoms with Crippen LogP contribution in [0.2, 0.25) is 0 Å². The van der Waals surface area contributed by atoms with Crippen molar-refractivity contribution in [3.63, 3.8) is 0 Å². The molecule has 1 atom stereocenters. The molecule has 0 unspecified atom stereocenters. The van der Waals surface area contributed by atoms with Crippen LogP contribution in [0.1, 0.15) is 16.8 Å². The summed E-state index contributed by atoms with van der Waals surface area (Å²) in [7, 11) is 4.14. The number of rotatable bonds is 2. The largest absolute Gasteiger partial charge is 0.337 e. The molecule has 1 fully saturated rings. The summed E-state index contributed by atoms with van der Waals surface area (Å²) in [6, 6.07) is 8.05. The Morgan fingerprint density at radius 1 is 1.35 bits per heavy atom. The van der Waals surface area contributed by atoms with E-state index in [1.54, 1.807) is 0 Å². The number of carbonyl (C=O) groups is 1. The second-order valence-electron chi connectivity index (χ2n) is 4.66. The van der Waals surface area contributed by atoms with Gasteiger partial charge in [0.05, 0.1) is 0 Å². The smallest absolute Gasteiger partial charge is 0.253 e. The van der Waals surface area contributed by atoms with E-state index in [4.69, 9.17) is 0 Å². The summed E-state index contributed by atoms with van der Waals surface area (Å²) in [5.74, 6) is 0.141. The van der Waals surface area contributed by atoms with Gasteiger partial charge in [0.15, 0.2) is 0 Å². The summed E-state index contributed by atoms with van der Waals surface area (Å²) in [6.45, 7) is 1.69. The van der Waals surface area contributed by atoms with Crippen molar-refractivity contribution >= 4 is 21.8 Å². The lowest BCUT2D eigenvalue weighted by Crippen LogP contribution is -2.34. The highest BCUT2D eigenvalue weighted by Gasteiger charge is 2.27. The quantitative estimate of drug-likeness (QED) is 0.836. The molecule has 0 radical (unpaired) electrons. The SMILES string of the molecule is CN(C)[C@H]1CCN(C(=O)c2ccc(Br)cc2)C1. The van der Waals surface area contributed by atoms with E-state index in [1.807, 2.05) is 29.2 Å². The van der Waals surface area contributed by atoms with Crippen molar-refractivity contribution in [2.45, 2.75) is 12.5 Å². The fourth-order valence-corrected chi connectivity index (χ4v) is 2.39. The third kappa shape index (κ3) is 2.87. The van der Waals surface area contributed by atoms with Gasteiger partial charge in [0.25, 0.3) is 5.91 Å². The molecule has 0 bridgehead atoms. The minimum absolute atomic E-state index is 0.141. The Kier molecular flexibility index (Phi) is 3.84. The molecule has 0 N–H and O–H groups in total. The van der Waals surface area contributed by atoms with Crippen molar-refractivity contribution in [1.29, 1.82) is 0 Å². The number of halogens is 1. The van der Waals surface area contributed by atoms with E-state index in [2.05, 4.69) is 34.9 Å². The molecule has 0 aromatic heterocycles. The molecule has 1 aromatic rings. The van der Waals surface area contributed by atoms with Crippen molar-refractivity contribution < 1.29 is 4.79 Å². The number of carbonyl (C=O) groups excluding carboxylic acids is 1. The lowest BCUT2D eigenvalue weighted by molar-refractivity contribution is 0.0783. The Morgan fingerprint density at radius 2 is 2.00 bits per heavy atom. The Balaban J connectivity index is 2.04. The average molecular weight is 297 g/mol. The van der Waals surface area contributed by atoms with Crippen molar-refractivity contribution in [3.05, 3.63) is 34.3 Å². The third-order valence-electron chi connectivity index (χ3n) is 3.27. The van der Waals surface area contributed by atoms with Crippen molar-refractivity contribution in [1.82, 2.24) is 9.80 Å². The van der Waals surface area contributed by atoms with Gasteiger partial charge in [0, 0.05) is 29.2 Å². The predicted molar refractivity (Wildman–Crippen MR) is 72.1 cm³/mol. The molecule has 1 heterocycles. The molecule has 0 saturated carbocycles. The second-order valence-corrected chi connectivity index (χ2v) is 5.58. The third-order valence-corrected chi connectivity index (χ3v) is 3.80. The number of amides is 1. The maximum Gasteiger partial charge on any atom is 0.253 e. The van der Waals surface area contributed by atoms with Crippen LogP contribution in [0.5, 0.6) is 0 Å². The molecule has 0 aliphatic carbocycles. The highest BCUT2D eigenvalue weighted by atomic mass is 79.9. The highest BCUT2D eigenvalue weighted by molar-refractivity contribution is 9.10. The zero-order valence-corrected chi connectivity index (χ0v) is 11.8. The zero-order valence-electron chi connectivity index (χ0n) is 10.2. The van der Waals surface area contributed by atoms with Gasteiger partial charge in [-0.3, -0.25) is 4.79 Å². The van der Waals surface area contributed by atoms with E-state index < -0.39 is 0 Å². The van der Waals surface area contributed by atoms with E-state index in [1.165, 1.54) is 0 Å². The first-order valence-corrected chi connectivity index (χ1v) is 6.58. The van der Waals surface area contributed by atoms with Gasteiger partial charge in [-0.05, 0) is 44.8 Å². The summed E-state index contributed by atoms with van der Waals surface area (Å²) in [6.07, 6.45) is 1.06. The van der Waals surface area contributed by atoms with Crippen LogP contribution in [0.25, 0.3) is 0 Å². The monoisotopic (exact) mass is 296 g/mol. The average Bonchev–Trinajstić information content (AvgIpc) is 2.78. The van der Waals surface area contributed by atoms with Crippen LogP contribution in [-0.2, 0) is 0 Å². The van der Waals surface area contributed by atoms with E-state index in [0.717, 1.165) is 29.5 Å². The fraction of sp³-hybridized carbons (Fsp3) is 0.462. The second kappa shape index (κ2) is 5.19. The Bertz CT molecular complexity index is 402. The Morgan fingerprint density at radius 3 is 2.53 bits per heavy atom. The molecule has 17 heavy (non-hydrogen) atoms. The Labute approximate surface area is 111 Å². The minimum Gasteiger partial charge on any atom is -0.337 e. The van der Waals surface area contributed by atoms with Crippen molar-refractivity contribution in [3.8, 4) is 0 Å². The number of benzene rings is 1. The predicted octanol–water partition coefficient (Wildman–Crippen LogP) is 2.23. The zero-order chi connectivity index (χ0) is 12.4. The van der Waals surface area contributed by atoms with Gasteiger partial charge in [-0.25, -0.2) is 0 Å². The van der Waals surface area contributed by atoms with E-state index in [-0.39, 0.29) is 5.91 Å². The number of likely N-dealkylation sites (N-methyl/N-ethyl adjacent to an activating group) is 1. The molecular weight excluding hydrogens is 280 g/mol. The molecule has 4 heteroatoms. The molecule has 1 aromatic carbocycles. The van der Waals surface area contributed by atoms with E-state index in [9.17, 15) is 4.79 Å². The molecule has 2 rings (SSSR count). The summed E-state index contributed by atoms with van der Waals surface area (Å²) in [4.78, 5) is 16.3. The van der Waals surface area contributed by atoms with Gasteiger partial charge in [-0.1, -0.05) is 15.9 Å². The van der Waals surface area contributed by atoms with Gasteiger partial charge in [0.1, 0.15) is 0 Å². The van der Waals surface area contributed by atoms with Crippen LogP contribution < -0.4 is 0 Å². The highest BCUT2D eigenvalue weighted by Crippen LogP contribution is 2.17. The van der Waals surface area contributed by atoms with Gasteiger partial charge < -0.3 is 9.80 Å². The number of likely N-dealkylation sites (tertiary alicyclic amines) is 1. The normalized spacial score (nSPS) is 20.0. The first kappa shape index (κ1) is 12.6. The summed E-state index contributed by atoms with van der Waals surface area (Å²) >= 11 is 3.38. The summed E-state index contributed by atoms with van der Waals surface area (Å²) in [5, 5.41) is 0. The van der Waals surface area contributed by atoms with E-state index in [0.29, 0.717) is 6.04 Å². The van der Waals surface area contributed by atoms with Crippen LogP contribution >= 0.6 is 15.9 Å². The first-order chi connectivity index (χ1) is 8.08. The van der Waals surface area contributed by atoms with Crippen LogP contribution in [-0.4, -0.2) is 48.9 Å². The topological polar surface area (TPSA) is 23.6 Å². The van der Waals surface area contributed by atoms with E-state index >= 15 is 0 Å². The first-order valence-electron chi connectivity index (χ1n) is 5.79. The van der Waals surface area contributed by atoms with Gasteiger partial charge >= 0.3 is 0 Å². The molecule has 1 saturated heterocycles. The molecular formula is C13H17BrN2O. The van der Waals surface area contributed by atoms with Crippen molar-refractivity contribution in [2.24, 2.45) is 0 Å². The summed E-state index contributed by atoms with van der Waals surface area (Å²) in [5.41, 5.74) is 0.771. The molecule has 0 spiro atoms. The van der Waals surface area contributed by atoms with Crippen LogP contribution in [0.4, 0.5) is 0 Å². The molecule has 1 aliphatic rings. The molecule has 1 amide bonds. The van der Waals surface area contributed by atoms with Gasteiger partial charge in [0.2, 0.25) is 0 Å². The molecule has 3 nitrogen and oxygen atoms in total. The van der Waals surface area contributed by atoms with Crippen molar-refractivity contribution in [2.75, 3.05) is 27.2 Å². The number of hydrogen-bond acceptors (Lipinski definition) is 2. The lowest BCUT2D eigenvalue weighted by atomic mass is 10.2. The van der Waals surface area contributed by atoms with Gasteiger partial charge in [-0.2, -0.15) is 0 Å². The molecule has 92 valence electrons. The maximum atomic E-state index is 12.2.